The fourth-order valence-corrected chi connectivity index (χ4v) is 3.74. The average molecular weight is 307 g/mol. The summed E-state index contributed by atoms with van der Waals surface area (Å²) in [6.07, 6.45) is 2.49. The third kappa shape index (κ3) is 3.50. The van der Waals surface area contributed by atoms with E-state index in [0.29, 0.717) is 6.04 Å². The molecule has 124 valence electrons. The first-order valence-electron chi connectivity index (χ1n) is 8.56. The second-order valence-electron chi connectivity index (χ2n) is 6.75. The van der Waals surface area contributed by atoms with Crippen molar-refractivity contribution >= 4 is 0 Å². The fourth-order valence-electron chi connectivity index (χ4n) is 3.74. The summed E-state index contributed by atoms with van der Waals surface area (Å²) in [6, 6.07) is 0.629. The molecule has 3 rings (SSSR count). The van der Waals surface area contributed by atoms with Gasteiger partial charge in [0, 0.05) is 32.3 Å². The smallest absolute Gasteiger partial charge is 0.147 e. The number of hydrogen-bond donors (Lipinski definition) is 0. The van der Waals surface area contributed by atoms with Gasteiger partial charge in [0.05, 0.1) is 13.2 Å². The summed E-state index contributed by atoms with van der Waals surface area (Å²) in [4.78, 5) is 5.05. The lowest BCUT2D eigenvalue weighted by molar-refractivity contribution is 0.168. The van der Waals surface area contributed by atoms with Crippen LogP contribution in [0.15, 0.2) is 0 Å². The molecule has 0 bridgehead atoms. The highest BCUT2D eigenvalue weighted by Crippen LogP contribution is 2.20. The van der Waals surface area contributed by atoms with Crippen LogP contribution in [-0.4, -0.2) is 70.5 Å². The Morgan fingerprint density at radius 3 is 2.91 bits per heavy atom. The Bertz CT molecular complexity index is 483. The van der Waals surface area contributed by atoms with Crippen LogP contribution >= 0.6 is 0 Å². The quantitative estimate of drug-likeness (QED) is 0.789. The van der Waals surface area contributed by atoms with Crippen molar-refractivity contribution in [1.82, 2.24) is 24.6 Å². The van der Waals surface area contributed by atoms with Gasteiger partial charge in [-0.25, -0.2) is 0 Å². The first-order valence-corrected chi connectivity index (χ1v) is 8.56. The van der Waals surface area contributed by atoms with Crippen molar-refractivity contribution in [1.29, 1.82) is 0 Å². The van der Waals surface area contributed by atoms with Gasteiger partial charge in [0.15, 0.2) is 0 Å². The molecule has 0 unspecified atom stereocenters. The van der Waals surface area contributed by atoms with Crippen molar-refractivity contribution < 1.29 is 4.74 Å². The molecule has 0 amide bonds. The Labute approximate surface area is 133 Å². The van der Waals surface area contributed by atoms with Crippen LogP contribution in [-0.2, 0) is 17.8 Å². The monoisotopic (exact) mass is 307 g/mol. The highest BCUT2D eigenvalue weighted by Gasteiger charge is 2.29. The van der Waals surface area contributed by atoms with Gasteiger partial charge in [0.1, 0.15) is 11.6 Å². The van der Waals surface area contributed by atoms with Crippen molar-refractivity contribution in [3.05, 3.63) is 11.6 Å². The molecule has 2 saturated heterocycles. The summed E-state index contributed by atoms with van der Waals surface area (Å²) in [5.41, 5.74) is 0. The van der Waals surface area contributed by atoms with Gasteiger partial charge in [-0.05, 0) is 46.2 Å². The Hall–Kier alpha value is -0.980. The summed E-state index contributed by atoms with van der Waals surface area (Å²) in [7, 11) is 2.22. The zero-order valence-corrected chi connectivity index (χ0v) is 14.2. The summed E-state index contributed by atoms with van der Waals surface area (Å²) in [5.74, 6) is 2.85. The minimum atomic E-state index is 0.629. The maximum atomic E-state index is 5.49. The molecule has 2 atom stereocenters. The summed E-state index contributed by atoms with van der Waals surface area (Å²) in [5, 5.41) is 8.55. The van der Waals surface area contributed by atoms with Crippen LogP contribution in [0, 0.1) is 12.8 Å². The molecule has 2 aliphatic heterocycles. The van der Waals surface area contributed by atoms with E-state index in [9.17, 15) is 0 Å². The van der Waals surface area contributed by atoms with E-state index in [1.54, 1.807) is 0 Å². The zero-order chi connectivity index (χ0) is 15.5. The van der Waals surface area contributed by atoms with E-state index in [4.69, 9.17) is 4.74 Å². The fraction of sp³-hybridized carbons (Fsp3) is 0.875. The lowest BCUT2D eigenvalue weighted by atomic mass is 10.1. The van der Waals surface area contributed by atoms with Crippen LogP contribution in [0.1, 0.15) is 31.4 Å². The molecule has 6 heteroatoms. The average Bonchev–Trinajstić information content (AvgIpc) is 3.22. The molecular weight excluding hydrogens is 278 g/mol. The molecule has 3 heterocycles. The highest BCUT2D eigenvalue weighted by molar-refractivity contribution is 4.95. The van der Waals surface area contributed by atoms with Gasteiger partial charge in [-0.15, -0.1) is 10.2 Å². The normalized spacial score (nSPS) is 26.4. The Balaban J connectivity index is 1.51. The Morgan fingerprint density at radius 1 is 1.32 bits per heavy atom. The number of nitrogens with zero attached hydrogens (tertiary/aromatic N) is 5. The maximum absolute atomic E-state index is 5.49. The highest BCUT2D eigenvalue weighted by atomic mass is 16.5. The van der Waals surface area contributed by atoms with Gasteiger partial charge < -0.3 is 14.2 Å². The Morgan fingerprint density at radius 2 is 2.18 bits per heavy atom. The third-order valence-corrected chi connectivity index (χ3v) is 5.13. The Kier molecular flexibility index (Phi) is 5.10. The number of hydrogen-bond acceptors (Lipinski definition) is 5. The van der Waals surface area contributed by atoms with E-state index >= 15 is 0 Å². The molecule has 0 spiro atoms. The molecule has 1 aromatic heterocycles. The molecule has 0 aliphatic carbocycles. The van der Waals surface area contributed by atoms with Gasteiger partial charge in [-0.2, -0.15) is 0 Å². The van der Waals surface area contributed by atoms with Crippen molar-refractivity contribution in [2.75, 3.05) is 39.9 Å². The van der Waals surface area contributed by atoms with Crippen molar-refractivity contribution in [3.63, 3.8) is 0 Å². The molecule has 2 fully saturated rings. The van der Waals surface area contributed by atoms with Crippen LogP contribution in [0.25, 0.3) is 0 Å². The lowest BCUT2D eigenvalue weighted by Crippen LogP contribution is -2.36. The topological polar surface area (TPSA) is 46.4 Å². The number of aryl methyl sites for hydroxylation is 1. The molecule has 1 aromatic rings. The van der Waals surface area contributed by atoms with E-state index in [2.05, 4.69) is 38.5 Å². The van der Waals surface area contributed by atoms with Gasteiger partial charge in [0.25, 0.3) is 0 Å². The number of rotatable bonds is 6. The molecule has 0 saturated carbocycles. The molecule has 22 heavy (non-hydrogen) atoms. The number of likely N-dealkylation sites (tertiary alicyclic amines) is 1. The summed E-state index contributed by atoms with van der Waals surface area (Å²) in [6.45, 7) is 11.5. The van der Waals surface area contributed by atoms with Crippen LogP contribution < -0.4 is 0 Å². The number of aromatic nitrogens is 3. The molecule has 0 radical (unpaired) electrons. The van der Waals surface area contributed by atoms with Crippen LogP contribution in [0.3, 0.4) is 0 Å². The van der Waals surface area contributed by atoms with E-state index < -0.39 is 0 Å². The molecule has 0 N–H and O–H groups in total. The number of likely N-dealkylation sites (N-methyl/N-ethyl adjacent to an activating group) is 1. The first-order chi connectivity index (χ1) is 10.7. The SMILES string of the molecule is CCn1c(C)nnc1CN(C)[C@@H]1CCN(C[C@H]2CCOC2)C1. The molecule has 2 aliphatic rings. The second kappa shape index (κ2) is 7.06. The summed E-state index contributed by atoms with van der Waals surface area (Å²) < 4.78 is 7.70. The van der Waals surface area contributed by atoms with Crippen LogP contribution in [0.4, 0.5) is 0 Å². The largest absolute Gasteiger partial charge is 0.381 e. The van der Waals surface area contributed by atoms with Gasteiger partial charge in [-0.1, -0.05) is 0 Å². The summed E-state index contributed by atoms with van der Waals surface area (Å²) >= 11 is 0. The third-order valence-electron chi connectivity index (χ3n) is 5.13. The standard InChI is InChI=1S/C16H29N5O/c1-4-21-13(2)17-18-16(21)11-19(3)15-5-7-20(10-15)9-14-6-8-22-12-14/h14-15H,4-12H2,1-3H3/t14-,15-/m1/s1. The predicted octanol–water partition coefficient (Wildman–Crippen LogP) is 1.15. The second-order valence-corrected chi connectivity index (χ2v) is 6.75. The predicted molar refractivity (Wildman–Crippen MR) is 85.7 cm³/mol. The lowest BCUT2D eigenvalue weighted by Gasteiger charge is -2.25. The first kappa shape index (κ1) is 15.9. The molecule has 6 nitrogen and oxygen atoms in total. The molecule has 0 aromatic carbocycles. The van der Waals surface area contributed by atoms with Gasteiger partial charge in [-0.3, -0.25) is 4.90 Å². The van der Waals surface area contributed by atoms with Crippen molar-refractivity contribution in [3.8, 4) is 0 Å². The minimum Gasteiger partial charge on any atom is -0.381 e. The van der Waals surface area contributed by atoms with Gasteiger partial charge >= 0.3 is 0 Å². The van der Waals surface area contributed by atoms with Crippen molar-refractivity contribution in [2.45, 2.75) is 45.8 Å². The van der Waals surface area contributed by atoms with E-state index in [-0.39, 0.29) is 0 Å². The van der Waals surface area contributed by atoms with Crippen LogP contribution in [0.5, 0.6) is 0 Å². The van der Waals surface area contributed by atoms with Crippen LogP contribution in [0.2, 0.25) is 0 Å². The van der Waals surface area contributed by atoms with Crippen molar-refractivity contribution in [2.24, 2.45) is 5.92 Å². The maximum Gasteiger partial charge on any atom is 0.147 e. The number of ether oxygens (including phenoxy) is 1. The van der Waals surface area contributed by atoms with E-state index in [1.165, 1.54) is 32.5 Å². The van der Waals surface area contributed by atoms with E-state index in [1.807, 2.05) is 6.92 Å². The van der Waals surface area contributed by atoms with Gasteiger partial charge in [0.2, 0.25) is 0 Å². The van der Waals surface area contributed by atoms with E-state index in [0.717, 1.165) is 43.9 Å². The minimum absolute atomic E-state index is 0.629. The zero-order valence-electron chi connectivity index (χ0n) is 14.2. The molecular formula is C16H29N5O.